The standard InChI is InChI=1S/C14H13O3P/c15-18(16,17-13-7-3-4-8-13)14-9-11-5-1-2-6-12(11)10-14/h1-7,9H,8,10H2,(H,15,16). The molecule has 18 heavy (non-hydrogen) atoms. The van der Waals surface area contributed by atoms with E-state index >= 15 is 0 Å². The van der Waals surface area contributed by atoms with Gasteiger partial charge in [-0.15, -0.1) is 0 Å². The molecule has 1 atom stereocenters. The van der Waals surface area contributed by atoms with Gasteiger partial charge in [-0.2, -0.15) is 0 Å². The van der Waals surface area contributed by atoms with Gasteiger partial charge in [0.15, 0.2) is 0 Å². The molecule has 0 fully saturated rings. The predicted molar refractivity (Wildman–Crippen MR) is 70.9 cm³/mol. The maximum atomic E-state index is 12.2. The molecule has 1 N–H and O–H groups in total. The fraction of sp³-hybridized carbons (Fsp3) is 0.143. The molecule has 3 rings (SSSR count). The van der Waals surface area contributed by atoms with E-state index in [-0.39, 0.29) is 0 Å². The van der Waals surface area contributed by atoms with Crippen LogP contribution in [0.3, 0.4) is 0 Å². The van der Waals surface area contributed by atoms with Gasteiger partial charge < -0.3 is 9.42 Å². The molecule has 0 heterocycles. The smallest absolute Gasteiger partial charge is 0.404 e. The largest absolute Gasteiger partial charge is 0.426 e. The minimum absolute atomic E-state index is 0.469. The van der Waals surface area contributed by atoms with Gasteiger partial charge in [0.2, 0.25) is 0 Å². The average Bonchev–Trinajstić information content (AvgIpc) is 2.96. The number of benzene rings is 1. The SMILES string of the molecule is O=P(O)(OC1=CC=CC1)C1=Cc2ccccc2C1. The van der Waals surface area contributed by atoms with Crippen molar-refractivity contribution in [2.24, 2.45) is 0 Å². The minimum atomic E-state index is -3.72. The van der Waals surface area contributed by atoms with Crippen molar-refractivity contribution in [2.45, 2.75) is 12.8 Å². The van der Waals surface area contributed by atoms with E-state index in [1.54, 1.807) is 12.2 Å². The van der Waals surface area contributed by atoms with Crippen molar-refractivity contribution in [1.29, 1.82) is 0 Å². The summed E-state index contributed by atoms with van der Waals surface area (Å²) in [5.74, 6) is 0.553. The topological polar surface area (TPSA) is 46.5 Å². The van der Waals surface area contributed by atoms with Crippen molar-refractivity contribution in [2.75, 3.05) is 0 Å². The van der Waals surface area contributed by atoms with Crippen LogP contribution in [0, 0.1) is 0 Å². The van der Waals surface area contributed by atoms with E-state index in [0.717, 1.165) is 11.1 Å². The summed E-state index contributed by atoms with van der Waals surface area (Å²) in [7, 11) is -3.72. The predicted octanol–water partition coefficient (Wildman–Crippen LogP) is 3.63. The van der Waals surface area contributed by atoms with Crippen LogP contribution in [0.1, 0.15) is 17.5 Å². The Labute approximate surface area is 106 Å². The van der Waals surface area contributed by atoms with E-state index in [2.05, 4.69) is 0 Å². The van der Waals surface area contributed by atoms with Crippen molar-refractivity contribution in [3.63, 3.8) is 0 Å². The molecule has 2 aliphatic rings. The molecule has 4 heteroatoms. The van der Waals surface area contributed by atoms with E-state index in [1.807, 2.05) is 36.4 Å². The summed E-state index contributed by atoms with van der Waals surface area (Å²) >= 11 is 0. The lowest BCUT2D eigenvalue weighted by Gasteiger charge is -2.14. The number of rotatable bonds is 3. The van der Waals surface area contributed by atoms with Crippen molar-refractivity contribution in [3.8, 4) is 0 Å². The van der Waals surface area contributed by atoms with Gasteiger partial charge in [0.1, 0.15) is 5.76 Å². The zero-order valence-electron chi connectivity index (χ0n) is 9.74. The first-order valence-electron chi connectivity index (χ1n) is 5.82. The fourth-order valence-corrected chi connectivity index (χ4v) is 3.40. The van der Waals surface area contributed by atoms with E-state index < -0.39 is 7.60 Å². The molecule has 0 aliphatic heterocycles. The number of hydrogen-bond donors (Lipinski definition) is 1. The molecule has 0 saturated carbocycles. The Morgan fingerprint density at radius 3 is 2.83 bits per heavy atom. The summed E-state index contributed by atoms with van der Waals surface area (Å²) in [5, 5.41) is 0.469. The summed E-state index contributed by atoms with van der Waals surface area (Å²) in [6.07, 6.45) is 8.29. The normalized spacial score (nSPS) is 20.1. The Morgan fingerprint density at radius 2 is 2.11 bits per heavy atom. The van der Waals surface area contributed by atoms with E-state index in [9.17, 15) is 9.46 Å². The van der Waals surface area contributed by atoms with Gasteiger partial charge in [-0.1, -0.05) is 36.4 Å². The molecule has 2 aliphatic carbocycles. The highest BCUT2D eigenvalue weighted by molar-refractivity contribution is 7.57. The third kappa shape index (κ3) is 2.07. The van der Waals surface area contributed by atoms with Gasteiger partial charge in [0, 0.05) is 12.8 Å². The van der Waals surface area contributed by atoms with Gasteiger partial charge in [-0.25, -0.2) is 4.57 Å². The first-order valence-corrected chi connectivity index (χ1v) is 7.40. The lowest BCUT2D eigenvalue weighted by atomic mass is 10.1. The maximum absolute atomic E-state index is 12.2. The summed E-state index contributed by atoms with van der Waals surface area (Å²) in [6, 6.07) is 7.76. The Hall–Kier alpha value is -1.57. The molecule has 3 nitrogen and oxygen atoms in total. The van der Waals surface area contributed by atoms with Gasteiger partial charge in [-0.05, 0) is 23.3 Å². The molecule has 0 aromatic heterocycles. The monoisotopic (exact) mass is 260 g/mol. The van der Waals surface area contributed by atoms with Crippen LogP contribution in [-0.2, 0) is 15.5 Å². The van der Waals surface area contributed by atoms with Crippen LogP contribution in [0.4, 0.5) is 0 Å². The van der Waals surface area contributed by atoms with E-state index in [1.165, 1.54) is 0 Å². The molecule has 1 aromatic rings. The average molecular weight is 260 g/mol. The Balaban J connectivity index is 1.82. The number of fused-ring (bicyclic) bond motifs is 1. The van der Waals surface area contributed by atoms with Crippen molar-refractivity contribution in [1.82, 2.24) is 0 Å². The third-order valence-electron chi connectivity index (χ3n) is 3.09. The summed E-state index contributed by atoms with van der Waals surface area (Å²) in [4.78, 5) is 10.0. The Bertz CT molecular complexity index is 626. The molecule has 0 spiro atoms. The lowest BCUT2D eigenvalue weighted by molar-refractivity contribution is 0.328. The quantitative estimate of drug-likeness (QED) is 0.844. The van der Waals surface area contributed by atoms with Gasteiger partial charge >= 0.3 is 7.60 Å². The second-order valence-electron chi connectivity index (χ2n) is 4.39. The van der Waals surface area contributed by atoms with Crippen LogP contribution < -0.4 is 0 Å². The fourth-order valence-electron chi connectivity index (χ4n) is 2.16. The zero-order valence-corrected chi connectivity index (χ0v) is 10.6. The van der Waals surface area contributed by atoms with Gasteiger partial charge in [0.05, 0.1) is 5.31 Å². The van der Waals surface area contributed by atoms with Crippen molar-refractivity contribution >= 4 is 13.7 Å². The van der Waals surface area contributed by atoms with E-state index in [0.29, 0.717) is 23.9 Å². The molecule has 1 unspecified atom stereocenters. The maximum Gasteiger partial charge on any atom is 0.404 e. The Kier molecular flexibility index (Phi) is 2.73. The number of hydrogen-bond acceptors (Lipinski definition) is 2. The van der Waals surface area contributed by atoms with Gasteiger partial charge in [-0.3, -0.25) is 0 Å². The van der Waals surface area contributed by atoms with Crippen molar-refractivity contribution in [3.05, 3.63) is 64.7 Å². The summed E-state index contributed by atoms with van der Waals surface area (Å²) in [5.41, 5.74) is 2.08. The van der Waals surface area contributed by atoms with Crippen LogP contribution in [0.2, 0.25) is 0 Å². The molecular formula is C14H13O3P. The second kappa shape index (κ2) is 4.27. The Morgan fingerprint density at radius 1 is 1.28 bits per heavy atom. The molecule has 0 amide bonds. The zero-order chi connectivity index (χ0) is 12.6. The molecule has 0 radical (unpaired) electrons. The van der Waals surface area contributed by atoms with Gasteiger partial charge in [0.25, 0.3) is 0 Å². The molecule has 92 valence electrons. The van der Waals surface area contributed by atoms with Crippen LogP contribution in [0.15, 0.2) is 53.6 Å². The first kappa shape index (κ1) is 11.5. The highest BCUT2D eigenvalue weighted by Gasteiger charge is 2.31. The number of allylic oxidation sites excluding steroid dienone is 4. The molecule has 0 saturated heterocycles. The second-order valence-corrected chi connectivity index (χ2v) is 6.19. The lowest BCUT2D eigenvalue weighted by Crippen LogP contribution is -1.93. The molecule has 1 aromatic carbocycles. The van der Waals surface area contributed by atoms with Crippen LogP contribution >= 0.6 is 7.60 Å². The molecule has 0 bridgehead atoms. The first-order chi connectivity index (χ1) is 8.65. The minimum Gasteiger partial charge on any atom is -0.426 e. The summed E-state index contributed by atoms with van der Waals surface area (Å²) < 4.78 is 17.5. The highest BCUT2D eigenvalue weighted by Crippen LogP contribution is 2.57. The summed E-state index contributed by atoms with van der Waals surface area (Å²) in [6.45, 7) is 0. The van der Waals surface area contributed by atoms with E-state index in [4.69, 9.17) is 4.52 Å². The van der Waals surface area contributed by atoms with Crippen LogP contribution in [-0.4, -0.2) is 4.89 Å². The van der Waals surface area contributed by atoms with Crippen LogP contribution in [0.5, 0.6) is 0 Å². The van der Waals surface area contributed by atoms with Crippen LogP contribution in [0.25, 0.3) is 6.08 Å². The van der Waals surface area contributed by atoms with Crippen molar-refractivity contribution < 1.29 is 14.0 Å². The third-order valence-corrected chi connectivity index (χ3v) is 4.59. The molecular weight excluding hydrogens is 247 g/mol. The highest BCUT2D eigenvalue weighted by atomic mass is 31.2.